The quantitative estimate of drug-likeness (QED) is 0.799. The molecule has 1 saturated heterocycles. The van der Waals surface area contributed by atoms with E-state index >= 15 is 0 Å². The lowest BCUT2D eigenvalue weighted by Crippen LogP contribution is -2.51. The maximum absolute atomic E-state index is 11.8. The van der Waals surface area contributed by atoms with Crippen molar-refractivity contribution in [2.24, 2.45) is 11.7 Å². The summed E-state index contributed by atoms with van der Waals surface area (Å²) in [7, 11) is 0. The van der Waals surface area contributed by atoms with Gasteiger partial charge < -0.3 is 11.1 Å². The Bertz CT molecular complexity index is 206. The van der Waals surface area contributed by atoms with Crippen LogP contribution < -0.4 is 11.1 Å². The summed E-state index contributed by atoms with van der Waals surface area (Å²) in [4.78, 5) is 11.8. The van der Waals surface area contributed by atoms with Crippen LogP contribution in [-0.2, 0) is 4.79 Å². The predicted molar refractivity (Wildman–Crippen MR) is 68.6 cm³/mol. The summed E-state index contributed by atoms with van der Waals surface area (Å²) in [5.74, 6) is 2.62. The third-order valence-electron chi connectivity index (χ3n) is 2.56. The van der Waals surface area contributed by atoms with Crippen LogP contribution in [0.1, 0.15) is 26.7 Å². The highest BCUT2D eigenvalue weighted by molar-refractivity contribution is 7.99. The molecule has 0 aromatic carbocycles. The van der Waals surface area contributed by atoms with E-state index in [0.717, 1.165) is 24.3 Å². The van der Waals surface area contributed by atoms with E-state index < -0.39 is 0 Å². The maximum atomic E-state index is 11.8. The first-order valence-corrected chi connectivity index (χ1v) is 6.30. The lowest BCUT2D eigenvalue weighted by atomic mass is 9.99. The van der Waals surface area contributed by atoms with Gasteiger partial charge in [0, 0.05) is 18.0 Å². The van der Waals surface area contributed by atoms with E-state index in [-0.39, 0.29) is 29.8 Å². The van der Waals surface area contributed by atoms with Crippen molar-refractivity contribution in [3.05, 3.63) is 0 Å². The fourth-order valence-corrected chi connectivity index (χ4v) is 2.55. The Hall–Kier alpha value is 0.0700. The van der Waals surface area contributed by atoms with E-state index in [1.54, 1.807) is 0 Å². The molecule has 1 amide bonds. The average Bonchev–Trinajstić information content (AvgIpc) is 2.19. The van der Waals surface area contributed by atoms with Gasteiger partial charge in [-0.05, 0) is 38.2 Å². The Kier molecular flexibility index (Phi) is 6.64. The fourth-order valence-electron chi connectivity index (χ4n) is 1.45. The van der Waals surface area contributed by atoms with Gasteiger partial charge in [-0.1, -0.05) is 0 Å². The van der Waals surface area contributed by atoms with Gasteiger partial charge >= 0.3 is 0 Å². The second-order valence-corrected chi connectivity index (χ2v) is 5.69. The molecule has 1 heterocycles. The Morgan fingerprint density at radius 3 is 2.47 bits per heavy atom. The van der Waals surface area contributed by atoms with Crippen molar-refractivity contribution in [2.45, 2.75) is 32.2 Å². The molecule has 1 fully saturated rings. The highest BCUT2D eigenvalue weighted by atomic mass is 35.5. The molecule has 0 aliphatic carbocycles. The number of hydrogen-bond acceptors (Lipinski definition) is 3. The topological polar surface area (TPSA) is 55.1 Å². The molecule has 0 aromatic rings. The van der Waals surface area contributed by atoms with Crippen LogP contribution in [0.5, 0.6) is 0 Å². The Morgan fingerprint density at radius 2 is 2.00 bits per heavy atom. The molecule has 15 heavy (non-hydrogen) atoms. The van der Waals surface area contributed by atoms with Crippen molar-refractivity contribution in [3.8, 4) is 0 Å². The molecule has 1 aliphatic rings. The molecule has 5 heteroatoms. The first-order valence-electron chi connectivity index (χ1n) is 5.15. The normalized spacial score (nSPS) is 18.1. The minimum absolute atomic E-state index is 0. The van der Waals surface area contributed by atoms with Gasteiger partial charge in [-0.25, -0.2) is 0 Å². The van der Waals surface area contributed by atoms with E-state index in [2.05, 4.69) is 5.32 Å². The molecule has 3 N–H and O–H groups in total. The molecule has 1 rings (SSSR count). The number of carbonyl (C=O) groups excluding carboxylic acids is 1. The zero-order valence-electron chi connectivity index (χ0n) is 9.41. The highest BCUT2D eigenvalue weighted by Gasteiger charge is 2.25. The lowest BCUT2D eigenvalue weighted by Gasteiger charge is -2.28. The standard InChI is InChI=1S/C10H20N2OS.ClH/c1-10(2,7-11)12-9(13)8-3-5-14-6-4-8;/h8H,3-7,11H2,1-2H3,(H,12,13);1H. The smallest absolute Gasteiger partial charge is 0.223 e. The fraction of sp³-hybridized carbons (Fsp3) is 0.900. The molecule has 3 nitrogen and oxygen atoms in total. The SMILES string of the molecule is CC(C)(CN)NC(=O)C1CCSCC1.Cl. The average molecular weight is 253 g/mol. The summed E-state index contributed by atoms with van der Waals surface area (Å²) in [6.45, 7) is 4.41. The molecular formula is C10H21ClN2OS. The molecule has 0 unspecified atom stereocenters. The van der Waals surface area contributed by atoms with Crippen LogP contribution in [0.4, 0.5) is 0 Å². The van der Waals surface area contributed by atoms with Gasteiger partial charge in [-0.2, -0.15) is 11.8 Å². The Morgan fingerprint density at radius 1 is 1.47 bits per heavy atom. The molecule has 0 radical (unpaired) electrons. The van der Waals surface area contributed by atoms with Gasteiger partial charge in [0.1, 0.15) is 0 Å². The van der Waals surface area contributed by atoms with E-state index in [0.29, 0.717) is 6.54 Å². The molecule has 0 spiro atoms. The Balaban J connectivity index is 0.00000196. The van der Waals surface area contributed by atoms with Crippen LogP contribution >= 0.6 is 24.2 Å². The van der Waals surface area contributed by atoms with Crippen molar-refractivity contribution in [1.29, 1.82) is 0 Å². The molecule has 90 valence electrons. The summed E-state index contributed by atoms with van der Waals surface area (Å²) in [6.07, 6.45) is 2.02. The van der Waals surface area contributed by atoms with Crippen molar-refractivity contribution in [1.82, 2.24) is 5.32 Å². The molecule has 0 aromatic heterocycles. The third kappa shape index (κ3) is 5.09. The van der Waals surface area contributed by atoms with E-state index in [1.807, 2.05) is 25.6 Å². The number of nitrogens with one attached hydrogen (secondary N) is 1. The molecule has 1 aliphatic heterocycles. The second-order valence-electron chi connectivity index (χ2n) is 4.46. The van der Waals surface area contributed by atoms with Crippen molar-refractivity contribution < 1.29 is 4.79 Å². The highest BCUT2D eigenvalue weighted by Crippen LogP contribution is 2.23. The van der Waals surface area contributed by atoms with Crippen molar-refractivity contribution in [3.63, 3.8) is 0 Å². The Labute approximate surface area is 102 Å². The molecule has 0 bridgehead atoms. The summed E-state index contributed by atoms with van der Waals surface area (Å²) < 4.78 is 0. The zero-order chi connectivity index (χ0) is 10.6. The van der Waals surface area contributed by atoms with Gasteiger partial charge in [0.15, 0.2) is 0 Å². The molecule has 0 saturated carbocycles. The van der Waals surface area contributed by atoms with Crippen LogP contribution in [0.25, 0.3) is 0 Å². The zero-order valence-corrected chi connectivity index (χ0v) is 11.0. The summed E-state index contributed by atoms with van der Waals surface area (Å²) in [6, 6.07) is 0. The van der Waals surface area contributed by atoms with Crippen LogP contribution in [-0.4, -0.2) is 29.5 Å². The van der Waals surface area contributed by atoms with E-state index in [9.17, 15) is 4.79 Å². The number of thioether (sulfide) groups is 1. The van der Waals surface area contributed by atoms with Crippen molar-refractivity contribution >= 4 is 30.1 Å². The minimum atomic E-state index is -0.262. The molecule has 0 atom stereocenters. The minimum Gasteiger partial charge on any atom is -0.350 e. The number of amides is 1. The summed E-state index contributed by atoms with van der Waals surface area (Å²) in [5, 5.41) is 3.00. The summed E-state index contributed by atoms with van der Waals surface area (Å²) in [5.41, 5.74) is 5.30. The predicted octanol–water partition coefficient (Wildman–Crippen LogP) is 1.40. The first kappa shape index (κ1) is 15.1. The number of halogens is 1. The number of nitrogens with two attached hydrogens (primary N) is 1. The monoisotopic (exact) mass is 252 g/mol. The maximum Gasteiger partial charge on any atom is 0.223 e. The van der Waals surface area contributed by atoms with Gasteiger partial charge in [-0.3, -0.25) is 4.79 Å². The van der Waals surface area contributed by atoms with Crippen LogP contribution in [0.3, 0.4) is 0 Å². The number of rotatable bonds is 3. The van der Waals surface area contributed by atoms with E-state index in [4.69, 9.17) is 5.73 Å². The van der Waals surface area contributed by atoms with Crippen LogP contribution in [0.15, 0.2) is 0 Å². The second kappa shape index (κ2) is 6.61. The van der Waals surface area contributed by atoms with E-state index in [1.165, 1.54) is 0 Å². The number of hydrogen-bond donors (Lipinski definition) is 2. The van der Waals surface area contributed by atoms with Crippen molar-refractivity contribution in [2.75, 3.05) is 18.1 Å². The molecular weight excluding hydrogens is 232 g/mol. The van der Waals surface area contributed by atoms with Gasteiger partial charge in [0.2, 0.25) is 5.91 Å². The first-order chi connectivity index (χ1) is 6.55. The van der Waals surface area contributed by atoms with Gasteiger partial charge in [0.05, 0.1) is 0 Å². The van der Waals surface area contributed by atoms with Crippen LogP contribution in [0, 0.1) is 5.92 Å². The third-order valence-corrected chi connectivity index (χ3v) is 3.61. The lowest BCUT2D eigenvalue weighted by molar-refractivity contribution is -0.126. The number of carbonyl (C=O) groups is 1. The van der Waals surface area contributed by atoms with Crippen LogP contribution in [0.2, 0.25) is 0 Å². The summed E-state index contributed by atoms with van der Waals surface area (Å²) >= 11 is 1.94. The van der Waals surface area contributed by atoms with Gasteiger partial charge in [0.25, 0.3) is 0 Å². The largest absolute Gasteiger partial charge is 0.350 e. The van der Waals surface area contributed by atoms with Gasteiger partial charge in [-0.15, -0.1) is 12.4 Å².